The number of aryl methyl sites for hydroxylation is 1. The maximum atomic E-state index is 13.2. The molecule has 0 fully saturated rings. The van der Waals surface area contributed by atoms with Gasteiger partial charge in [-0.1, -0.05) is 30.3 Å². The summed E-state index contributed by atoms with van der Waals surface area (Å²) in [7, 11) is 0. The summed E-state index contributed by atoms with van der Waals surface area (Å²) in [5.41, 5.74) is 6.47. The SMILES string of the molecule is Cc1ccccc1-c1cc(CONCc2cc(F)cc(F)c2)ccc1C(=O)O. The molecule has 28 heavy (non-hydrogen) atoms. The van der Waals surface area contributed by atoms with Crippen LogP contribution in [0.1, 0.15) is 27.0 Å². The highest BCUT2D eigenvalue weighted by Gasteiger charge is 2.14. The standard InChI is InChI=1S/C22H19F2NO3/c1-14-4-2-3-5-19(14)21-10-15(6-7-20(21)22(26)27)13-28-25-12-16-8-17(23)11-18(24)9-16/h2-11,25H,12-13H2,1H3,(H,26,27). The minimum atomic E-state index is -1.00. The Morgan fingerprint density at radius 2 is 1.68 bits per heavy atom. The van der Waals surface area contributed by atoms with Crippen LogP contribution in [-0.4, -0.2) is 11.1 Å². The monoisotopic (exact) mass is 383 g/mol. The summed E-state index contributed by atoms with van der Waals surface area (Å²) in [6.45, 7) is 2.22. The number of carboxylic acid groups (broad SMARTS) is 1. The van der Waals surface area contributed by atoms with Gasteiger partial charge in [0.1, 0.15) is 11.6 Å². The van der Waals surface area contributed by atoms with E-state index in [2.05, 4.69) is 5.48 Å². The second-order valence-electron chi connectivity index (χ2n) is 6.39. The summed E-state index contributed by atoms with van der Waals surface area (Å²) >= 11 is 0. The highest BCUT2D eigenvalue weighted by atomic mass is 19.1. The number of rotatable bonds is 7. The van der Waals surface area contributed by atoms with Crippen molar-refractivity contribution in [3.63, 3.8) is 0 Å². The number of carbonyl (C=O) groups is 1. The fraction of sp³-hybridized carbons (Fsp3) is 0.136. The van der Waals surface area contributed by atoms with Crippen LogP contribution in [0.3, 0.4) is 0 Å². The molecule has 3 aromatic rings. The number of hydrogen-bond donors (Lipinski definition) is 2. The Morgan fingerprint density at radius 3 is 2.36 bits per heavy atom. The van der Waals surface area contributed by atoms with Gasteiger partial charge >= 0.3 is 5.97 Å². The van der Waals surface area contributed by atoms with Crippen molar-refractivity contribution in [2.24, 2.45) is 0 Å². The number of nitrogens with one attached hydrogen (secondary N) is 1. The fourth-order valence-electron chi connectivity index (χ4n) is 2.95. The summed E-state index contributed by atoms with van der Waals surface area (Å²) < 4.78 is 26.4. The van der Waals surface area contributed by atoms with Gasteiger partial charge < -0.3 is 5.11 Å². The van der Waals surface area contributed by atoms with E-state index in [4.69, 9.17) is 4.84 Å². The fourth-order valence-corrected chi connectivity index (χ4v) is 2.95. The highest BCUT2D eigenvalue weighted by molar-refractivity contribution is 5.96. The molecule has 0 aliphatic carbocycles. The maximum absolute atomic E-state index is 13.2. The normalized spacial score (nSPS) is 10.8. The first-order chi connectivity index (χ1) is 13.4. The van der Waals surface area contributed by atoms with E-state index in [-0.39, 0.29) is 18.7 Å². The third-order valence-electron chi connectivity index (χ3n) is 4.29. The zero-order valence-corrected chi connectivity index (χ0v) is 15.2. The number of aromatic carboxylic acids is 1. The lowest BCUT2D eigenvalue weighted by Crippen LogP contribution is -2.14. The van der Waals surface area contributed by atoms with Crippen LogP contribution in [0.15, 0.2) is 60.7 Å². The average Bonchev–Trinajstić information content (AvgIpc) is 2.64. The molecule has 0 radical (unpaired) electrons. The van der Waals surface area contributed by atoms with E-state index in [1.165, 1.54) is 12.1 Å². The summed E-state index contributed by atoms with van der Waals surface area (Å²) in [6.07, 6.45) is 0. The van der Waals surface area contributed by atoms with Crippen LogP contribution in [0.5, 0.6) is 0 Å². The van der Waals surface area contributed by atoms with Gasteiger partial charge in [-0.15, -0.1) is 0 Å². The second kappa shape index (κ2) is 8.73. The molecule has 0 saturated carbocycles. The first-order valence-corrected chi connectivity index (χ1v) is 8.66. The number of benzene rings is 3. The molecule has 0 atom stereocenters. The molecule has 0 bridgehead atoms. The predicted molar refractivity (Wildman–Crippen MR) is 102 cm³/mol. The van der Waals surface area contributed by atoms with Crippen molar-refractivity contribution in [2.75, 3.05) is 0 Å². The molecule has 0 saturated heterocycles. The molecule has 0 heterocycles. The molecule has 6 heteroatoms. The molecule has 0 aromatic heterocycles. The molecule has 3 aromatic carbocycles. The lowest BCUT2D eigenvalue weighted by Gasteiger charge is -2.12. The first kappa shape index (κ1) is 19.7. The lowest BCUT2D eigenvalue weighted by atomic mass is 9.94. The molecule has 0 aliphatic rings. The van der Waals surface area contributed by atoms with Gasteiger partial charge in [0.15, 0.2) is 0 Å². The molecule has 4 nitrogen and oxygen atoms in total. The summed E-state index contributed by atoms with van der Waals surface area (Å²) in [5.74, 6) is -2.30. The molecule has 0 amide bonds. The lowest BCUT2D eigenvalue weighted by molar-refractivity contribution is 0.0234. The Balaban J connectivity index is 1.72. The molecule has 0 aliphatic heterocycles. The van der Waals surface area contributed by atoms with Crippen molar-refractivity contribution in [2.45, 2.75) is 20.1 Å². The Hall–Kier alpha value is -3.09. The minimum Gasteiger partial charge on any atom is -0.478 e. The highest BCUT2D eigenvalue weighted by Crippen LogP contribution is 2.28. The number of halogens is 2. The van der Waals surface area contributed by atoms with Crippen LogP contribution in [0.4, 0.5) is 8.78 Å². The molecule has 2 N–H and O–H groups in total. The van der Waals surface area contributed by atoms with E-state index in [1.54, 1.807) is 18.2 Å². The smallest absolute Gasteiger partial charge is 0.336 e. The van der Waals surface area contributed by atoms with Crippen molar-refractivity contribution in [3.8, 4) is 11.1 Å². The Morgan fingerprint density at radius 1 is 0.964 bits per heavy atom. The van der Waals surface area contributed by atoms with Crippen molar-refractivity contribution < 1.29 is 23.5 Å². The van der Waals surface area contributed by atoms with Gasteiger partial charge in [-0.3, -0.25) is 4.84 Å². The van der Waals surface area contributed by atoms with Crippen LogP contribution in [-0.2, 0) is 18.0 Å². The number of hydroxylamine groups is 1. The van der Waals surface area contributed by atoms with Crippen molar-refractivity contribution >= 4 is 5.97 Å². The van der Waals surface area contributed by atoms with Gasteiger partial charge in [-0.05, 0) is 59.0 Å². The van der Waals surface area contributed by atoms with Crippen LogP contribution in [0.2, 0.25) is 0 Å². The van der Waals surface area contributed by atoms with Gasteiger partial charge in [-0.2, -0.15) is 5.48 Å². The second-order valence-corrected chi connectivity index (χ2v) is 6.39. The van der Waals surface area contributed by atoms with E-state index in [1.807, 2.05) is 31.2 Å². The van der Waals surface area contributed by atoms with E-state index in [9.17, 15) is 18.7 Å². The topological polar surface area (TPSA) is 58.6 Å². The Bertz CT molecular complexity index is 985. The Labute approximate surface area is 161 Å². The van der Waals surface area contributed by atoms with Crippen molar-refractivity contribution in [1.29, 1.82) is 0 Å². The minimum absolute atomic E-state index is 0.131. The summed E-state index contributed by atoms with van der Waals surface area (Å²) in [6, 6.07) is 15.8. The summed E-state index contributed by atoms with van der Waals surface area (Å²) in [4.78, 5) is 17.0. The van der Waals surface area contributed by atoms with Crippen LogP contribution in [0.25, 0.3) is 11.1 Å². The molecule has 0 unspecified atom stereocenters. The molecule has 3 rings (SSSR count). The van der Waals surface area contributed by atoms with Crippen molar-refractivity contribution in [1.82, 2.24) is 5.48 Å². The molecule has 0 spiro atoms. The largest absolute Gasteiger partial charge is 0.478 e. The molecular weight excluding hydrogens is 364 g/mol. The van der Waals surface area contributed by atoms with Crippen molar-refractivity contribution in [3.05, 3.63) is 94.6 Å². The van der Waals surface area contributed by atoms with E-state index in [0.29, 0.717) is 11.1 Å². The quantitative estimate of drug-likeness (QED) is 0.452. The van der Waals surface area contributed by atoms with Gasteiger partial charge in [0.2, 0.25) is 0 Å². The number of hydrogen-bond acceptors (Lipinski definition) is 3. The van der Waals surface area contributed by atoms with Gasteiger partial charge in [0.25, 0.3) is 0 Å². The van der Waals surface area contributed by atoms with Gasteiger partial charge in [-0.25, -0.2) is 13.6 Å². The van der Waals surface area contributed by atoms with Crippen LogP contribution < -0.4 is 5.48 Å². The Kier molecular flexibility index (Phi) is 6.13. The average molecular weight is 383 g/mol. The molecule has 144 valence electrons. The van der Waals surface area contributed by atoms with Gasteiger partial charge in [0.05, 0.1) is 12.2 Å². The zero-order valence-electron chi connectivity index (χ0n) is 15.2. The first-order valence-electron chi connectivity index (χ1n) is 8.66. The number of carboxylic acids is 1. The third-order valence-corrected chi connectivity index (χ3v) is 4.29. The zero-order chi connectivity index (χ0) is 20.1. The van der Waals surface area contributed by atoms with E-state index >= 15 is 0 Å². The predicted octanol–water partition coefficient (Wildman–Crippen LogP) is 4.86. The van der Waals surface area contributed by atoms with E-state index in [0.717, 1.165) is 22.8 Å². The van der Waals surface area contributed by atoms with Crippen LogP contribution >= 0.6 is 0 Å². The summed E-state index contributed by atoms with van der Waals surface area (Å²) in [5, 5.41) is 9.49. The third kappa shape index (κ3) is 4.79. The maximum Gasteiger partial charge on any atom is 0.336 e. The van der Waals surface area contributed by atoms with Crippen LogP contribution in [0, 0.1) is 18.6 Å². The van der Waals surface area contributed by atoms with E-state index < -0.39 is 17.6 Å². The van der Waals surface area contributed by atoms with Gasteiger partial charge in [0, 0.05) is 12.6 Å². The molecular formula is C22H19F2NO3.